The molecule has 12 heteroatoms. The molecular weight excluding hydrogens is 604 g/mol. The standard InChI is InChI=1S/C36H42N10O2/c1-23-17-37-35(41-26-19-39-45(21-26)28-10-6-4-7-11-28)43-32(23)30-15-14-25(34(47)48-3)16-31(30)33-24(2)18-38-36(44-33)42-27-20-40-46(22-27)29-12-8-5-9-13-29/h14-22,28-29H,4-13H2,1-3H3,(H,37,41,43)(H,38,42,44). The fraction of sp³-hybridized carbons (Fsp3) is 0.417. The molecule has 1 aromatic carbocycles. The second-order valence-electron chi connectivity index (χ2n) is 13.0. The van der Waals surface area contributed by atoms with Crippen LogP contribution in [0.3, 0.4) is 0 Å². The molecule has 248 valence electrons. The van der Waals surface area contributed by atoms with Crippen molar-refractivity contribution >= 4 is 29.2 Å². The van der Waals surface area contributed by atoms with Gasteiger partial charge in [0.2, 0.25) is 11.9 Å². The van der Waals surface area contributed by atoms with E-state index in [4.69, 9.17) is 14.7 Å². The van der Waals surface area contributed by atoms with E-state index < -0.39 is 5.97 Å². The summed E-state index contributed by atoms with van der Waals surface area (Å²) in [5.41, 5.74) is 6.75. The highest BCUT2D eigenvalue weighted by Gasteiger charge is 2.21. The van der Waals surface area contributed by atoms with Gasteiger partial charge in [0.05, 0.1) is 59.9 Å². The van der Waals surface area contributed by atoms with Crippen molar-refractivity contribution in [2.24, 2.45) is 0 Å². The lowest BCUT2D eigenvalue weighted by Gasteiger charge is -2.21. The molecule has 2 N–H and O–H groups in total. The number of nitrogens with one attached hydrogen (secondary N) is 2. The molecule has 4 aromatic heterocycles. The second-order valence-corrected chi connectivity index (χ2v) is 13.0. The average Bonchev–Trinajstić information content (AvgIpc) is 3.80. The summed E-state index contributed by atoms with van der Waals surface area (Å²) in [5, 5.41) is 15.9. The molecule has 0 atom stereocenters. The first kappa shape index (κ1) is 31.5. The van der Waals surface area contributed by atoms with Crippen LogP contribution in [0, 0.1) is 13.8 Å². The van der Waals surface area contributed by atoms with Crippen LogP contribution in [-0.4, -0.2) is 52.6 Å². The molecule has 2 fully saturated rings. The molecule has 2 aliphatic carbocycles. The number of aryl methyl sites for hydroxylation is 2. The average molecular weight is 647 g/mol. The highest BCUT2D eigenvalue weighted by Crippen LogP contribution is 2.36. The van der Waals surface area contributed by atoms with Gasteiger partial charge in [0.25, 0.3) is 0 Å². The number of carbonyl (C=O) groups is 1. The normalized spacial score (nSPS) is 15.7. The molecular formula is C36H42N10O2. The minimum atomic E-state index is -0.431. The molecule has 7 rings (SSSR count). The van der Waals surface area contributed by atoms with Crippen LogP contribution in [-0.2, 0) is 4.74 Å². The Kier molecular flexibility index (Phi) is 9.13. The molecule has 2 aliphatic rings. The van der Waals surface area contributed by atoms with Crippen LogP contribution >= 0.6 is 0 Å². The fourth-order valence-corrected chi connectivity index (χ4v) is 6.90. The SMILES string of the molecule is COC(=O)c1ccc(-c2nc(Nc3cnn(C4CCCCC4)c3)ncc2C)c(-c2nc(Nc3cnn(C4CCCCC4)c3)ncc2C)c1. The lowest BCUT2D eigenvalue weighted by molar-refractivity contribution is 0.0601. The predicted molar refractivity (Wildman–Crippen MR) is 185 cm³/mol. The van der Waals surface area contributed by atoms with Crippen LogP contribution in [0.4, 0.5) is 23.3 Å². The lowest BCUT2D eigenvalue weighted by atomic mass is 9.95. The van der Waals surface area contributed by atoms with Crippen molar-refractivity contribution in [1.29, 1.82) is 0 Å². The Morgan fingerprint density at radius 3 is 1.71 bits per heavy atom. The predicted octanol–water partition coefficient (Wildman–Crippen LogP) is 7.89. The summed E-state index contributed by atoms with van der Waals surface area (Å²) >= 11 is 0. The van der Waals surface area contributed by atoms with Crippen molar-refractivity contribution in [2.75, 3.05) is 17.7 Å². The summed E-state index contributed by atoms with van der Waals surface area (Å²) < 4.78 is 9.19. The molecule has 48 heavy (non-hydrogen) atoms. The smallest absolute Gasteiger partial charge is 0.337 e. The van der Waals surface area contributed by atoms with Gasteiger partial charge in [-0.25, -0.2) is 24.7 Å². The topological polar surface area (TPSA) is 138 Å². The highest BCUT2D eigenvalue weighted by atomic mass is 16.5. The Hall–Kier alpha value is -5.13. The minimum absolute atomic E-state index is 0.415. The number of nitrogens with zero attached hydrogens (tertiary/aromatic N) is 8. The van der Waals surface area contributed by atoms with E-state index in [2.05, 4.69) is 40.2 Å². The molecule has 4 heterocycles. The zero-order chi connectivity index (χ0) is 33.0. The summed E-state index contributed by atoms with van der Waals surface area (Å²) in [5.74, 6) is 0.461. The first-order chi connectivity index (χ1) is 23.4. The summed E-state index contributed by atoms with van der Waals surface area (Å²) in [4.78, 5) is 31.8. The van der Waals surface area contributed by atoms with Crippen LogP contribution < -0.4 is 10.6 Å². The highest BCUT2D eigenvalue weighted by molar-refractivity contribution is 5.94. The summed E-state index contributed by atoms with van der Waals surface area (Å²) in [6, 6.07) is 6.32. The van der Waals surface area contributed by atoms with E-state index in [0.717, 1.165) is 65.0 Å². The third-order valence-electron chi connectivity index (χ3n) is 9.51. The van der Waals surface area contributed by atoms with Gasteiger partial charge >= 0.3 is 5.97 Å². The van der Waals surface area contributed by atoms with Crippen molar-refractivity contribution in [1.82, 2.24) is 39.5 Å². The van der Waals surface area contributed by atoms with Gasteiger partial charge in [-0.3, -0.25) is 9.36 Å². The number of esters is 1. The van der Waals surface area contributed by atoms with Crippen LogP contribution in [0.15, 0.2) is 55.4 Å². The van der Waals surface area contributed by atoms with Crippen molar-refractivity contribution < 1.29 is 9.53 Å². The van der Waals surface area contributed by atoms with Crippen molar-refractivity contribution in [2.45, 2.75) is 90.1 Å². The third-order valence-corrected chi connectivity index (χ3v) is 9.51. The molecule has 0 aliphatic heterocycles. The van der Waals surface area contributed by atoms with Gasteiger partial charge in [-0.2, -0.15) is 10.2 Å². The number of benzene rings is 1. The molecule has 0 amide bonds. The monoisotopic (exact) mass is 646 g/mol. The van der Waals surface area contributed by atoms with Crippen molar-refractivity contribution in [3.63, 3.8) is 0 Å². The van der Waals surface area contributed by atoms with E-state index in [1.165, 1.54) is 45.6 Å². The molecule has 0 radical (unpaired) electrons. The van der Waals surface area contributed by atoms with Crippen LogP contribution in [0.25, 0.3) is 22.5 Å². The summed E-state index contributed by atoms with van der Waals surface area (Å²) in [6.07, 6.45) is 23.4. The first-order valence-corrected chi connectivity index (χ1v) is 17.0. The number of rotatable bonds is 9. The number of methoxy groups -OCH3 is 1. The zero-order valence-electron chi connectivity index (χ0n) is 27.8. The summed E-state index contributed by atoms with van der Waals surface area (Å²) in [7, 11) is 1.38. The minimum Gasteiger partial charge on any atom is -0.465 e. The van der Waals surface area contributed by atoms with Crippen LogP contribution in [0.2, 0.25) is 0 Å². The van der Waals surface area contributed by atoms with E-state index in [1.807, 2.05) is 50.8 Å². The molecule has 5 aromatic rings. The Balaban J connectivity index is 1.21. The van der Waals surface area contributed by atoms with Crippen molar-refractivity contribution in [3.8, 4) is 22.5 Å². The molecule has 0 saturated heterocycles. The van der Waals surface area contributed by atoms with Gasteiger partial charge in [0.15, 0.2) is 0 Å². The number of hydrogen-bond donors (Lipinski definition) is 2. The Bertz CT molecular complexity index is 1900. The van der Waals surface area contributed by atoms with E-state index in [9.17, 15) is 4.79 Å². The third kappa shape index (κ3) is 6.78. The molecule has 12 nitrogen and oxygen atoms in total. The Labute approximate surface area is 280 Å². The van der Waals surface area contributed by atoms with Crippen LogP contribution in [0.5, 0.6) is 0 Å². The number of anilines is 4. The summed E-state index contributed by atoms with van der Waals surface area (Å²) in [6.45, 7) is 3.93. The number of aromatic nitrogens is 8. The largest absolute Gasteiger partial charge is 0.465 e. The number of ether oxygens (including phenoxy) is 1. The Morgan fingerprint density at radius 2 is 1.21 bits per heavy atom. The number of carbonyl (C=O) groups excluding carboxylic acids is 1. The zero-order valence-corrected chi connectivity index (χ0v) is 27.8. The maximum absolute atomic E-state index is 12.7. The van der Waals surface area contributed by atoms with E-state index in [-0.39, 0.29) is 0 Å². The molecule has 0 spiro atoms. The van der Waals surface area contributed by atoms with Gasteiger partial charge < -0.3 is 15.4 Å². The van der Waals surface area contributed by atoms with Gasteiger partial charge in [-0.05, 0) is 62.8 Å². The van der Waals surface area contributed by atoms with Gasteiger partial charge in [-0.1, -0.05) is 44.6 Å². The Morgan fingerprint density at radius 1 is 0.708 bits per heavy atom. The van der Waals surface area contributed by atoms with Crippen molar-refractivity contribution in [3.05, 3.63) is 72.1 Å². The lowest BCUT2D eigenvalue weighted by Crippen LogP contribution is -2.12. The molecule has 0 bridgehead atoms. The van der Waals surface area contributed by atoms with Gasteiger partial charge in [-0.15, -0.1) is 0 Å². The van der Waals surface area contributed by atoms with Gasteiger partial charge in [0.1, 0.15) is 0 Å². The van der Waals surface area contributed by atoms with Gasteiger partial charge in [0, 0.05) is 35.9 Å². The number of hydrogen-bond acceptors (Lipinski definition) is 10. The fourth-order valence-electron chi connectivity index (χ4n) is 6.90. The van der Waals surface area contributed by atoms with Crippen LogP contribution in [0.1, 0.15) is 97.8 Å². The van der Waals surface area contributed by atoms with E-state index >= 15 is 0 Å². The van der Waals surface area contributed by atoms with E-state index in [1.54, 1.807) is 18.5 Å². The maximum Gasteiger partial charge on any atom is 0.337 e. The second kappa shape index (κ2) is 13.9. The van der Waals surface area contributed by atoms with E-state index in [0.29, 0.717) is 35.2 Å². The maximum atomic E-state index is 12.7. The molecule has 2 saturated carbocycles. The molecule has 0 unspecified atom stereocenters. The first-order valence-electron chi connectivity index (χ1n) is 17.0. The quantitative estimate of drug-likeness (QED) is 0.152.